The van der Waals surface area contributed by atoms with E-state index < -0.39 is 6.10 Å². The third kappa shape index (κ3) is 37.7. The number of hydrogen-bond donors (Lipinski definition) is 0. The van der Waals surface area contributed by atoms with Crippen molar-refractivity contribution in [2.75, 3.05) is 13.2 Å². The molecule has 0 aromatic carbocycles. The van der Waals surface area contributed by atoms with Crippen LogP contribution in [-0.2, 0) is 28.6 Å². The van der Waals surface area contributed by atoms with Crippen LogP contribution in [0.2, 0.25) is 0 Å². The van der Waals surface area contributed by atoms with Crippen LogP contribution in [0.15, 0.2) is 0 Å². The largest absolute Gasteiger partial charge is 0.462 e. The first-order chi connectivity index (χ1) is 24.4. The van der Waals surface area contributed by atoms with Gasteiger partial charge in [0.25, 0.3) is 0 Å². The van der Waals surface area contributed by atoms with E-state index in [0.717, 1.165) is 70.1 Å². The molecule has 0 aliphatic rings. The lowest BCUT2D eigenvalue weighted by Crippen LogP contribution is -2.30. The summed E-state index contributed by atoms with van der Waals surface area (Å²) in [4.78, 5) is 37.3. The Morgan fingerprint density at radius 2 is 0.660 bits per heavy atom. The van der Waals surface area contributed by atoms with E-state index in [0.29, 0.717) is 19.3 Å². The first-order valence-electron chi connectivity index (χ1n) is 21.9. The highest BCUT2D eigenvalue weighted by Crippen LogP contribution is 2.16. The molecule has 0 radical (unpaired) electrons. The first-order valence-corrected chi connectivity index (χ1v) is 21.9. The molecule has 6 heteroatoms. The van der Waals surface area contributed by atoms with Gasteiger partial charge in [0, 0.05) is 19.3 Å². The lowest BCUT2D eigenvalue weighted by Gasteiger charge is -2.18. The van der Waals surface area contributed by atoms with Crippen molar-refractivity contribution in [3.8, 4) is 0 Å². The van der Waals surface area contributed by atoms with Gasteiger partial charge in [-0.25, -0.2) is 0 Å². The van der Waals surface area contributed by atoms with E-state index in [4.69, 9.17) is 14.2 Å². The lowest BCUT2D eigenvalue weighted by atomic mass is 10.0. The molecule has 0 saturated heterocycles. The molecule has 0 rings (SSSR count). The minimum absolute atomic E-state index is 0.0664. The van der Waals surface area contributed by atoms with Gasteiger partial charge in [-0.3, -0.25) is 14.4 Å². The maximum Gasteiger partial charge on any atom is 0.306 e. The first kappa shape index (κ1) is 48.4. The van der Waals surface area contributed by atoms with Crippen LogP contribution < -0.4 is 0 Å². The lowest BCUT2D eigenvalue weighted by molar-refractivity contribution is -0.167. The zero-order valence-corrected chi connectivity index (χ0v) is 33.9. The van der Waals surface area contributed by atoms with Crippen LogP contribution >= 0.6 is 0 Å². The fourth-order valence-corrected chi connectivity index (χ4v) is 6.45. The molecule has 50 heavy (non-hydrogen) atoms. The van der Waals surface area contributed by atoms with E-state index in [1.54, 1.807) is 0 Å². The van der Waals surface area contributed by atoms with E-state index in [1.807, 2.05) is 0 Å². The normalized spacial score (nSPS) is 11.9. The van der Waals surface area contributed by atoms with Crippen LogP contribution in [0.4, 0.5) is 0 Å². The van der Waals surface area contributed by atoms with Gasteiger partial charge in [-0.05, 0) is 25.2 Å². The molecule has 0 aromatic heterocycles. The maximum atomic E-state index is 12.5. The number of hydrogen-bond acceptors (Lipinski definition) is 6. The van der Waals surface area contributed by atoms with Gasteiger partial charge in [0.1, 0.15) is 13.2 Å². The minimum atomic E-state index is -0.757. The van der Waals surface area contributed by atoms with E-state index in [2.05, 4.69) is 27.7 Å². The molecule has 0 unspecified atom stereocenters. The Morgan fingerprint density at radius 1 is 0.380 bits per heavy atom. The number of esters is 3. The van der Waals surface area contributed by atoms with Crippen LogP contribution in [0.5, 0.6) is 0 Å². The van der Waals surface area contributed by atoms with Gasteiger partial charge in [-0.15, -0.1) is 0 Å². The van der Waals surface area contributed by atoms with Crippen LogP contribution in [0.25, 0.3) is 0 Å². The molecule has 0 fully saturated rings. The standard InChI is InChI=1S/C44H84O6/c1-5-7-9-11-12-13-14-15-16-17-18-19-20-21-22-23-28-31-35-42(45)48-38-41(50-44(47)37-33-26-10-8-6-2)39-49-43(46)36-32-29-25-24-27-30-34-40(3)4/h40-41H,5-39H2,1-4H3/t41-/m0/s1. The molecular formula is C44H84O6. The Hall–Kier alpha value is -1.59. The molecule has 0 N–H and O–H groups in total. The summed E-state index contributed by atoms with van der Waals surface area (Å²) in [6.07, 6.45) is 37.1. The van der Waals surface area contributed by atoms with Crippen LogP contribution in [0.3, 0.4) is 0 Å². The van der Waals surface area contributed by atoms with Crippen LogP contribution in [-0.4, -0.2) is 37.2 Å². The number of carbonyl (C=O) groups is 3. The van der Waals surface area contributed by atoms with Gasteiger partial charge in [-0.2, -0.15) is 0 Å². The van der Waals surface area contributed by atoms with Crippen molar-refractivity contribution in [1.29, 1.82) is 0 Å². The highest BCUT2D eigenvalue weighted by Gasteiger charge is 2.19. The summed E-state index contributed by atoms with van der Waals surface area (Å²) in [6.45, 7) is 8.84. The molecule has 0 saturated carbocycles. The third-order valence-electron chi connectivity index (χ3n) is 9.79. The van der Waals surface area contributed by atoms with Crippen molar-refractivity contribution in [3.63, 3.8) is 0 Å². The predicted molar refractivity (Wildman–Crippen MR) is 210 cm³/mol. The van der Waals surface area contributed by atoms with Gasteiger partial charge < -0.3 is 14.2 Å². The minimum Gasteiger partial charge on any atom is -0.462 e. The zero-order valence-electron chi connectivity index (χ0n) is 33.9. The fraction of sp³-hybridized carbons (Fsp3) is 0.932. The third-order valence-corrected chi connectivity index (χ3v) is 9.79. The van der Waals surface area contributed by atoms with Gasteiger partial charge >= 0.3 is 17.9 Å². The van der Waals surface area contributed by atoms with Crippen molar-refractivity contribution in [3.05, 3.63) is 0 Å². The van der Waals surface area contributed by atoms with Gasteiger partial charge in [0.2, 0.25) is 0 Å². The molecule has 0 bridgehead atoms. The van der Waals surface area contributed by atoms with Crippen molar-refractivity contribution in [2.24, 2.45) is 5.92 Å². The molecule has 0 amide bonds. The Kier molecular flexibility index (Phi) is 37.4. The highest BCUT2D eigenvalue weighted by atomic mass is 16.6. The Bertz CT molecular complexity index is 751. The molecule has 6 nitrogen and oxygen atoms in total. The van der Waals surface area contributed by atoms with Crippen molar-refractivity contribution in [2.45, 2.75) is 246 Å². The second-order valence-corrected chi connectivity index (χ2v) is 15.5. The van der Waals surface area contributed by atoms with Gasteiger partial charge in [0.05, 0.1) is 0 Å². The van der Waals surface area contributed by atoms with Crippen molar-refractivity contribution >= 4 is 17.9 Å². The second-order valence-electron chi connectivity index (χ2n) is 15.5. The topological polar surface area (TPSA) is 78.9 Å². The number of ether oxygens (including phenoxy) is 3. The molecule has 0 aliphatic heterocycles. The molecule has 0 aromatic rings. The van der Waals surface area contributed by atoms with E-state index in [9.17, 15) is 14.4 Å². The maximum absolute atomic E-state index is 12.5. The van der Waals surface area contributed by atoms with Gasteiger partial charge in [-0.1, -0.05) is 201 Å². The smallest absolute Gasteiger partial charge is 0.306 e. The SMILES string of the molecule is CCCCCCCCCCCCCCCCCCCCC(=O)OC[C@@H](COC(=O)CCCCCCCCC(C)C)OC(=O)CCCCCCC. The fourth-order valence-electron chi connectivity index (χ4n) is 6.45. The Morgan fingerprint density at radius 3 is 0.980 bits per heavy atom. The molecular weight excluding hydrogens is 624 g/mol. The van der Waals surface area contributed by atoms with E-state index in [-0.39, 0.29) is 31.1 Å². The number of rotatable bonds is 39. The molecule has 0 aliphatic carbocycles. The number of unbranched alkanes of at least 4 members (excludes halogenated alkanes) is 26. The molecule has 0 spiro atoms. The van der Waals surface area contributed by atoms with Gasteiger partial charge in [0.15, 0.2) is 6.10 Å². The van der Waals surface area contributed by atoms with Crippen molar-refractivity contribution < 1.29 is 28.6 Å². The Balaban J connectivity index is 4.08. The summed E-state index contributed by atoms with van der Waals surface area (Å²) >= 11 is 0. The van der Waals surface area contributed by atoms with Crippen LogP contribution in [0.1, 0.15) is 240 Å². The summed E-state index contributed by atoms with van der Waals surface area (Å²) in [7, 11) is 0. The molecule has 0 heterocycles. The Labute approximate surface area is 310 Å². The van der Waals surface area contributed by atoms with Crippen molar-refractivity contribution in [1.82, 2.24) is 0 Å². The summed E-state index contributed by atoms with van der Waals surface area (Å²) in [5, 5.41) is 0. The number of carbonyl (C=O) groups excluding carboxylic acids is 3. The van der Waals surface area contributed by atoms with Crippen LogP contribution in [0, 0.1) is 5.92 Å². The summed E-state index contributed by atoms with van der Waals surface area (Å²) < 4.78 is 16.5. The summed E-state index contributed by atoms with van der Waals surface area (Å²) in [6, 6.07) is 0. The average Bonchev–Trinajstić information content (AvgIpc) is 3.09. The highest BCUT2D eigenvalue weighted by molar-refractivity contribution is 5.71. The molecule has 296 valence electrons. The summed E-state index contributed by atoms with van der Waals surface area (Å²) in [5.41, 5.74) is 0. The zero-order chi connectivity index (χ0) is 36.8. The predicted octanol–water partition coefficient (Wildman–Crippen LogP) is 13.6. The van der Waals surface area contributed by atoms with E-state index in [1.165, 1.54) is 128 Å². The quantitative estimate of drug-likeness (QED) is 0.0359. The monoisotopic (exact) mass is 709 g/mol. The van der Waals surface area contributed by atoms with E-state index >= 15 is 0 Å². The summed E-state index contributed by atoms with van der Waals surface area (Å²) in [5.74, 6) is -0.113. The molecule has 1 atom stereocenters. The second kappa shape index (κ2) is 38.6. The average molecular weight is 709 g/mol.